The lowest BCUT2D eigenvalue weighted by molar-refractivity contribution is -0.117. The van der Waals surface area contributed by atoms with Gasteiger partial charge in [-0.1, -0.05) is 26.8 Å². The Morgan fingerprint density at radius 2 is 2.00 bits per heavy atom. The zero-order valence-electron chi connectivity index (χ0n) is 9.02. The quantitative estimate of drug-likeness (QED) is 0.666. The Morgan fingerprint density at radius 3 is 2.38 bits per heavy atom. The number of nitrogens with one attached hydrogen (secondary N) is 1. The molecule has 0 aromatic heterocycles. The first-order chi connectivity index (χ1) is 6.22. The smallest absolute Gasteiger partial charge is 0.174 e. The molecule has 0 saturated carbocycles. The minimum absolute atomic E-state index is 0.0567. The van der Waals surface area contributed by atoms with Gasteiger partial charge >= 0.3 is 0 Å². The predicted molar refractivity (Wildman–Crippen MR) is 56.8 cm³/mol. The van der Waals surface area contributed by atoms with E-state index in [1.54, 1.807) is 6.92 Å². The van der Waals surface area contributed by atoms with Crippen LogP contribution in [-0.2, 0) is 4.79 Å². The van der Waals surface area contributed by atoms with E-state index in [1.165, 1.54) is 6.42 Å². The lowest BCUT2D eigenvalue weighted by Crippen LogP contribution is -2.40. The van der Waals surface area contributed by atoms with Gasteiger partial charge in [-0.05, 0) is 31.9 Å². The second-order valence-corrected chi connectivity index (χ2v) is 3.15. The molecular weight excluding hydrogens is 162 g/mol. The van der Waals surface area contributed by atoms with E-state index in [2.05, 4.69) is 11.9 Å². The second kappa shape index (κ2) is 6.84. The zero-order chi connectivity index (χ0) is 10.3. The van der Waals surface area contributed by atoms with Gasteiger partial charge in [0.15, 0.2) is 5.78 Å². The van der Waals surface area contributed by atoms with E-state index in [0.717, 1.165) is 19.4 Å². The van der Waals surface area contributed by atoms with Crippen LogP contribution in [-0.4, -0.2) is 18.4 Å². The Bertz CT molecular complexity index is 169. The van der Waals surface area contributed by atoms with E-state index in [0.29, 0.717) is 5.57 Å². The highest BCUT2D eigenvalue weighted by Gasteiger charge is 2.19. The van der Waals surface area contributed by atoms with Gasteiger partial charge in [0, 0.05) is 0 Å². The van der Waals surface area contributed by atoms with Crippen molar-refractivity contribution in [3.63, 3.8) is 0 Å². The summed E-state index contributed by atoms with van der Waals surface area (Å²) < 4.78 is 0. The molecule has 0 amide bonds. The van der Waals surface area contributed by atoms with Gasteiger partial charge in [-0.3, -0.25) is 4.79 Å². The first-order valence-corrected chi connectivity index (χ1v) is 5.15. The fraction of sp³-hybridized carbons (Fsp3) is 0.727. The summed E-state index contributed by atoms with van der Waals surface area (Å²) in [6.07, 6.45) is 3.34. The van der Waals surface area contributed by atoms with E-state index in [-0.39, 0.29) is 11.8 Å². The Hall–Kier alpha value is -0.630. The summed E-state index contributed by atoms with van der Waals surface area (Å²) in [4.78, 5) is 11.3. The van der Waals surface area contributed by atoms with E-state index < -0.39 is 0 Å². The summed E-state index contributed by atoms with van der Waals surface area (Å²) >= 11 is 0. The SMILES string of the molecule is C=C(C)C(=O)[C@@H]1CCCCN1.CC. The first kappa shape index (κ1) is 12.4. The topological polar surface area (TPSA) is 29.1 Å². The second-order valence-electron chi connectivity index (χ2n) is 3.15. The third kappa shape index (κ3) is 4.23. The maximum absolute atomic E-state index is 11.3. The molecule has 1 heterocycles. The monoisotopic (exact) mass is 183 g/mol. The van der Waals surface area contributed by atoms with Crippen LogP contribution in [0.2, 0.25) is 0 Å². The molecule has 0 aromatic rings. The molecule has 0 spiro atoms. The van der Waals surface area contributed by atoms with Crippen molar-refractivity contribution in [1.29, 1.82) is 0 Å². The maximum atomic E-state index is 11.3. The van der Waals surface area contributed by atoms with Gasteiger partial charge in [0.1, 0.15) is 0 Å². The zero-order valence-corrected chi connectivity index (χ0v) is 9.02. The van der Waals surface area contributed by atoms with Crippen molar-refractivity contribution in [3.05, 3.63) is 12.2 Å². The normalized spacial score (nSPS) is 21.3. The van der Waals surface area contributed by atoms with Gasteiger partial charge in [-0.25, -0.2) is 0 Å². The molecule has 1 rings (SSSR count). The Labute approximate surface area is 81.4 Å². The van der Waals surface area contributed by atoms with Crippen LogP contribution in [0.25, 0.3) is 0 Å². The Kier molecular flexibility index (Phi) is 6.51. The predicted octanol–water partition coefficient (Wildman–Crippen LogP) is 2.30. The molecule has 1 aliphatic rings. The standard InChI is InChI=1S/C9H15NO.C2H6/c1-7(2)9(11)8-5-3-4-6-10-8;1-2/h8,10H,1,3-6H2,2H3;1-2H3/t8-;/m0./s1. The van der Waals surface area contributed by atoms with Crippen molar-refractivity contribution < 1.29 is 4.79 Å². The molecule has 0 radical (unpaired) electrons. The van der Waals surface area contributed by atoms with Gasteiger partial charge in [-0.2, -0.15) is 0 Å². The lowest BCUT2D eigenvalue weighted by atomic mass is 9.98. The third-order valence-electron chi connectivity index (χ3n) is 2.05. The van der Waals surface area contributed by atoms with Crippen molar-refractivity contribution in [2.45, 2.75) is 46.1 Å². The molecule has 0 bridgehead atoms. The van der Waals surface area contributed by atoms with Crippen LogP contribution in [0.5, 0.6) is 0 Å². The summed E-state index contributed by atoms with van der Waals surface area (Å²) in [6.45, 7) is 10.4. The summed E-state index contributed by atoms with van der Waals surface area (Å²) in [5.41, 5.74) is 0.671. The van der Waals surface area contributed by atoms with Gasteiger partial charge in [-0.15, -0.1) is 0 Å². The van der Waals surface area contributed by atoms with Crippen LogP contribution in [0.4, 0.5) is 0 Å². The number of Topliss-reactive ketones (excluding diaryl/α,β-unsaturated/α-hetero) is 1. The molecule has 2 nitrogen and oxygen atoms in total. The highest BCUT2D eigenvalue weighted by molar-refractivity contribution is 5.98. The van der Waals surface area contributed by atoms with Gasteiger partial charge in [0.2, 0.25) is 0 Å². The fourth-order valence-corrected chi connectivity index (χ4v) is 1.37. The minimum atomic E-state index is 0.0567. The summed E-state index contributed by atoms with van der Waals surface area (Å²) in [7, 11) is 0. The van der Waals surface area contributed by atoms with Gasteiger partial charge in [0.05, 0.1) is 6.04 Å². The fourth-order valence-electron chi connectivity index (χ4n) is 1.37. The summed E-state index contributed by atoms with van der Waals surface area (Å²) in [6, 6.07) is 0.0567. The molecule has 1 aliphatic heterocycles. The van der Waals surface area contributed by atoms with Crippen molar-refractivity contribution in [3.8, 4) is 0 Å². The highest BCUT2D eigenvalue weighted by Crippen LogP contribution is 2.10. The minimum Gasteiger partial charge on any atom is -0.307 e. The van der Waals surface area contributed by atoms with Gasteiger partial charge in [0.25, 0.3) is 0 Å². The highest BCUT2D eigenvalue weighted by atomic mass is 16.1. The number of carbonyl (C=O) groups excluding carboxylic acids is 1. The average molecular weight is 183 g/mol. The van der Waals surface area contributed by atoms with Crippen LogP contribution in [0.3, 0.4) is 0 Å². The molecule has 13 heavy (non-hydrogen) atoms. The molecule has 0 aromatic carbocycles. The number of hydrogen-bond acceptors (Lipinski definition) is 2. The first-order valence-electron chi connectivity index (χ1n) is 5.15. The molecular formula is C11H21NO. The summed E-state index contributed by atoms with van der Waals surface area (Å²) in [5.74, 6) is 0.185. The summed E-state index contributed by atoms with van der Waals surface area (Å²) in [5, 5.41) is 3.19. The molecule has 1 N–H and O–H groups in total. The van der Waals surface area contributed by atoms with E-state index >= 15 is 0 Å². The molecule has 1 fully saturated rings. The van der Waals surface area contributed by atoms with E-state index in [1.807, 2.05) is 13.8 Å². The Balaban J connectivity index is 0.000000671. The van der Waals surface area contributed by atoms with Crippen LogP contribution < -0.4 is 5.32 Å². The molecule has 0 unspecified atom stereocenters. The number of rotatable bonds is 2. The Morgan fingerprint density at radius 1 is 1.38 bits per heavy atom. The van der Waals surface area contributed by atoms with Crippen molar-refractivity contribution in [1.82, 2.24) is 5.32 Å². The maximum Gasteiger partial charge on any atom is 0.174 e. The molecule has 0 aliphatic carbocycles. The largest absolute Gasteiger partial charge is 0.307 e. The molecule has 76 valence electrons. The van der Waals surface area contributed by atoms with Crippen LogP contribution in [0.15, 0.2) is 12.2 Å². The van der Waals surface area contributed by atoms with Crippen LogP contribution >= 0.6 is 0 Å². The number of piperidine rings is 1. The molecule has 1 saturated heterocycles. The third-order valence-corrected chi connectivity index (χ3v) is 2.05. The van der Waals surface area contributed by atoms with Crippen molar-refractivity contribution >= 4 is 5.78 Å². The number of hydrogen-bond donors (Lipinski definition) is 1. The van der Waals surface area contributed by atoms with Crippen LogP contribution in [0.1, 0.15) is 40.0 Å². The van der Waals surface area contributed by atoms with Crippen molar-refractivity contribution in [2.24, 2.45) is 0 Å². The number of ketones is 1. The van der Waals surface area contributed by atoms with E-state index in [9.17, 15) is 4.79 Å². The van der Waals surface area contributed by atoms with Gasteiger partial charge < -0.3 is 5.32 Å². The molecule has 1 atom stereocenters. The van der Waals surface area contributed by atoms with Crippen LogP contribution in [0, 0.1) is 0 Å². The number of carbonyl (C=O) groups is 1. The van der Waals surface area contributed by atoms with Crippen molar-refractivity contribution in [2.75, 3.05) is 6.54 Å². The van der Waals surface area contributed by atoms with E-state index in [4.69, 9.17) is 0 Å². The lowest BCUT2D eigenvalue weighted by Gasteiger charge is -2.21. The average Bonchev–Trinajstić information content (AvgIpc) is 2.21. The molecule has 2 heteroatoms.